The fourth-order valence-corrected chi connectivity index (χ4v) is 2.33. The van der Waals surface area contributed by atoms with Crippen LogP contribution >= 0.6 is 0 Å². The summed E-state index contributed by atoms with van der Waals surface area (Å²) in [7, 11) is 1.86. The van der Waals surface area contributed by atoms with Gasteiger partial charge in [-0.2, -0.15) is 0 Å². The minimum Gasteiger partial charge on any atom is -0.494 e. The van der Waals surface area contributed by atoms with E-state index < -0.39 is 6.04 Å². The molecule has 0 bridgehead atoms. The molecule has 120 valence electrons. The molecular weight excluding hydrogens is 288 g/mol. The Morgan fingerprint density at radius 3 is 2.57 bits per heavy atom. The minimum absolute atomic E-state index is 0.405. The van der Waals surface area contributed by atoms with Crippen LogP contribution in [0.3, 0.4) is 0 Å². The van der Waals surface area contributed by atoms with Gasteiger partial charge < -0.3 is 19.7 Å². The summed E-state index contributed by atoms with van der Waals surface area (Å²) in [6.07, 6.45) is 6.56. The normalized spacial score (nSPS) is 14.5. The topological polar surface area (TPSA) is 41.6 Å². The molecule has 4 heteroatoms. The third kappa shape index (κ3) is 3.92. The Hall–Kier alpha value is -2.75. The molecule has 1 atom stereocenters. The predicted octanol–water partition coefficient (Wildman–Crippen LogP) is 3.33. The molecule has 1 aliphatic heterocycles. The molecule has 0 aromatic heterocycles. The second kappa shape index (κ2) is 7.49. The molecule has 0 radical (unpaired) electrons. The summed E-state index contributed by atoms with van der Waals surface area (Å²) in [4.78, 5) is 13.5. The van der Waals surface area contributed by atoms with Crippen LogP contribution in [0.25, 0.3) is 0 Å². The van der Waals surface area contributed by atoms with E-state index in [1.54, 1.807) is 0 Å². The van der Waals surface area contributed by atoms with Gasteiger partial charge in [0.2, 0.25) is 0 Å². The van der Waals surface area contributed by atoms with Gasteiger partial charge in [0, 0.05) is 30.2 Å². The lowest BCUT2D eigenvalue weighted by Gasteiger charge is -2.29. The fraction of sp³-hybridized carbons (Fsp3) is 0.211. The number of nitrogens with zero attached hydrogens (tertiary/aromatic N) is 1. The Morgan fingerprint density at radius 2 is 2.04 bits per heavy atom. The first kappa shape index (κ1) is 16.6. The van der Waals surface area contributed by atoms with Crippen LogP contribution in [0.15, 0.2) is 72.7 Å². The van der Waals surface area contributed by atoms with Crippen molar-refractivity contribution in [1.82, 2.24) is 10.2 Å². The summed E-state index contributed by atoms with van der Waals surface area (Å²) >= 11 is 0. The lowest BCUT2D eigenvalue weighted by atomic mass is 10.0. The van der Waals surface area contributed by atoms with Gasteiger partial charge in [0.15, 0.2) is 0 Å². The molecule has 0 amide bonds. The molecule has 1 aliphatic rings. The molecule has 23 heavy (non-hydrogen) atoms. The monoisotopic (exact) mass is 310 g/mol. The third-order valence-electron chi connectivity index (χ3n) is 3.71. The first-order chi connectivity index (χ1) is 11.1. The van der Waals surface area contributed by atoms with Crippen LogP contribution in [0.1, 0.15) is 18.5 Å². The van der Waals surface area contributed by atoms with Crippen LogP contribution < -0.4 is 10.1 Å². The summed E-state index contributed by atoms with van der Waals surface area (Å²) in [6.45, 7) is 10.5. The average molecular weight is 310 g/mol. The van der Waals surface area contributed by atoms with Crippen molar-refractivity contribution < 1.29 is 9.53 Å². The number of carbonyl (C=O) groups excluding carboxylic acids is 1. The van der Waals surface area contributed by atoms with Crippen LogP contribution in [0, 0.1) is 0 Å². The Labute approximate surface area is 137 Å². The number of nitrogens with one attached hydrogen (secondary N) is 1. The molecule has 0 saturated carbocycles. The quantitative estimate of drug-likeness (QED) is 0.784. The van der Waals surface area contributed by atoms with E-state index in [9.17, 15) is 4.79 Å². The number of rotatable bonds is 7. The zero-order chi connectivity index (χ0) is 16.8. The van der Waals surface area contributed by atoms with E-state index in [0.717, 1.165) is 34.6 Å². The largest absolute Gasteiger partial charge is 0.494 e. The van der Waals surface area contributed by atoms with E-state index in [-0.39, 0.29) is 0 Å². The maximum Gasteiger partial charge on any atom is 0.146 e. The number of allylic oxidation sites excluding steroid dienone is 2. The van der Waals surface area contributed by atoms with Gasteiger partial charge >= 0.3 is 0 Å². The van der Waals surface area contributed by atoms with Gasteiger partial charge in [-0.1, -0.05) is 25.3 Å². The van der Waals surface area contributed by atoms with Crippen molar-refractivity contribution in [2.24, 2.45) is 0 Å². The molecule has 1 heterocycles. The smallest absolute Gasteiger partial charge is 0.146 e. The summed E-state index contributed by atoms with van der Waals surface area (Å²) in [5.74, 6) is 0.794. The zero-order valence-corrected chi connectivity index (χ0v) is 13.6. The molecule has 4 nitrogen and oxygen atoms in total. The predicted molar refractivity (Wildman–Crippen MR) is 92.8 cm³/mol. The van der Waals surface area contributed by atoms with Gasteiger partial charge in [-0.15, -0.1) is 0 Å². The van der Waals surface area contributed by atoms with Crippen molar-refractivity contribution in [1.29, 1.82) is 0 Å². The van der Waals surface area contributed by atoms with Crippen molar-refractivity contribution in [3.8, 4) is 5.75 Å². The molecule has 2 rings (SSSR count). The molecule has 1 aromatic rings. The maximum atomic E-state index is 11.6. The molecular formula is C19H22N2O2. The number of aldehydes is 1. The molecule has 1 aromatic carbocycles. The molecule has 1 N–H and O–H groups in total. The Kier molecular flexibility index (Phi) is 5.41. The van der Waals surface area contributed by atoms with Crippen LogP contribution in [0.2, 0.25) is 0 Å². The van der Waals surface area contributed by atoms with Crippen molar-refractivity contribution in [2.45, 2.75) is 13.0 Å². The molecule has 0 spiro atoms. The van der Waals surface area contributed by atoms with Gasteiger partial charge in [0.1, 0.15) is 18.1 Å². The summed E-state index contributed by atoms with van der Waals surface area (Å²) in [5.41, 5.74) is 3.39. The van der Waals surface area contributed by atoms with Crippen LogP contribution in [0.5, 0.6) is 5.75 Å². The van der Waals surface area contributed by atoms with Crippen molar-refractivity contribution in [2.75, 3.05) is 13.7 Å². The highest BCUT2D eigenvalue weighted by molar-refractivity contribution is 5.63. The highest BCUT2D eigenvalue weighted by Crippen LogP contribution is 2.26. The minimum atomic E-state index is -0.405. The van der Waals surface area contributed by atoms with E-state index in [2.05, 4.69) is 18.5 Å². The number of hydrogen-bond donors (Lipinski definition) is 1. The molecule has 0 fully saturated rings. The van der Waals surface area contributed by atoms with Gasteiger partial charge in [-0.3, -0.25) is 0 Å². The van der Waals surface area contributed by atoms with Gasteiger partial charge in [0.25, 0.3) is 0 Å². The number of benzene rings is 1. The van der Waals surface area contributed by atoms with E-state index in [1.807, 2.05) is 61.5 Å². The number of ether oxygens (including phenoxy) is 1. The van der Waals surface area contributed by atoms with Crippen molar-refractivity contribution in [3.63, 3.8) is 0 Å². The summed E-state index contributed by atoms with van der Waals surface area (Å²) < 4.78 is 5.43. The second-order valence-electron chi connectivity index (χ2n) is 5.24. The number of hydrogen-bond acceptors (Lipinski definition) is 4. The van der Waals surface area contributed by atoms with Crippen molar-refractivity contribution in [3.05, 3.63) is 78.3 Å². The lowest BCUT2D eigenvalue weighted by molar-refractivity contribution is -0.111. The highest BCUT2D eigenvalue weighted by Gasteiger charge is 2.19. The number of likely N-dealkylation sites (N-methyl/N-ethyl adjacent to an activating group) is 1. The number of dihydropyridines is 1. The van der Waals surface area contributed by atoms with Gasteiger partial charge in [-0.05, 0) is 36.8 Å². The van der Waals surface area contributed by atoms with E-state index in [4.69, 9.17) is 4.74 Å². The van der Waals surface area contributed by atoms with E-state index >= 15 is 0 Å². The van der Waals surface area contributed by atoms with E-state index in [1.165, 1.54) is 0 Å². The molecule has 0 saturated heterocycles. The molecule has 0 aliphatic carbocycles. The van der Waals surface area contributed by atoms with Crippen LogP contribution in [0.4, 0.5) is 0 Å². The standard InChI is InChI=1S/C19H22N2O2/c1-5-23-18-10-8-16(9-11-18)19(13-22)21(4)15(3)17-7-6-14(2)20-12-17/h6-13,19-20H,2-3,5H2,1,4H3. The maximum absolute atomic E-state index is 11.6. The second-order valence-corrected chi connectivity index (χ2v) is 5.24. The SMILES string of the molecule is C=C1C=CC(C(=C)N(C)C(C=O)c2ccc(OCC)cc2)=CN1. The summed E-state index contributed by atoms with van der Waals surface area (Å²) in [6, 6.07) is 7.14. The first-order valence-corrected chi connectivity index (χ1v) is 7.50. The number of carbonyl (C=O) groups is 1. The third-order valence-corrected chi connectivity index (χ3v) is 3.71. The lowest BCUT2D eigenvalue weighted by Crippen LogP contribution is -2.26. The van der Waals surface area contributed by atoms with Crippen LogP contribution in [-0.4, -0.2) is 24.8 Å². The molecule has 1 unspecified atom stereocenters. The fourth-order valence-electron chi connectivity index (χ4n) is 2.33. The average Bonchev–Trinajstić information content (AvgIpc) is 2.57. The first-order valence-electron chi connectivity index (χ1n) is 7.50. The van der Waals surface area contributed by atoms with Crippen molar-refractivity contribution >= 4 is 6.29 Å². The van der Waals surface area contributed by atoms with Crippen LogP contribution in [-0.2, 0) is 4.79 Å². The summed E-state index contributed by atoms with van der Waals surface area (Å²) in [5, 5.41) is 3.05. The van der Waals surface area contributed by atoms with Gasteiger partial charge in [-0.25, -0.2) is 0 Å². The zero-order valence-electron chi connectivity index (χ0n) is 13.6. The van der Waals surface area contributed by atoms with E-state index in [0.29, 0.717) is 6.61 Å². The highest BCUT2D eigenvalue weighted by atomic mass is 16.5. The Balaban J connectivity index is 2.16. The van der Waals surface area contributed by atoms with Gasteiger partial charge in [0.05, 0.1) is 6.61 Å². The Bertz CT molecular complexity index is 656. The Morgan fingerprint density at radius 1 is 1.35 bits per heavy atom.